The Morgan fingerprint density at radius 1 is 1.21 bits per heavy atom. The minimum Gasteiger partial charge on any atom is -0.380 e. The summed E-state index contributed by atoms with van der Waals surface area (Å²) in [6, 6.07) is 6.81. The molecule has 0 aliphatic heterocycles. The van der Waals surface area contributed by atoms with E-state index in [-0.39, 0.29) is 0 Å². The van der Waals surface area contributed by atoms with Gasteiger partial charge >= 0.3 is 0 Å². The predicted molar refractivity (Wildman–Crippen MR) is 67.7 cm³/mol. The number of nitrogens with one attached hydrogen (secondary N) is 1. The maximum atomic E-state index is 3.55. The molecule has 1 aromatic rings. The molecule has 0 unspecified atom stereocenters. The molecule has 1 fully saturated rings. The van der Waals surface area contributed by atoms with E-state index in [0.717, 1.165) is 14.9 Å². The Balaban J connectivity index is 2.09. The summed E-state index contributed by atoms with van der Waals surface area (Å²) in [6.45, 7) is 2.30. The summed E-state index contributed by atoms with van der Waals surface area (Å²) in [5.41, 5.74) is 1.18. The van der Waals surface area contributed by atoms with Crippen LogP contribution in [0.3, 0.4) is 0 Å². The molecule has 0 aromatic heterocycles. The van der Waals surface area contributed by atoms with Crippen molar-refractivity contribution < 1.29 is 0 Å². The molecule has 1 N–H and O–H groups in total. The van der Waals surface area contributed by atoms with Gasteiger partial charge in [0.05, 0.1) is 5.69 Å². The average Bonchev–Trinajstić information content (AvgIpc) is 2.08. The molecule has 0 bridgehead atoms. The van der Waals surface area contributed by atoms with Crippen LogP contribution in [0.2, 0.25) is 0 Å². The lowest BCUT2D eigenvalue weighted by molar-refractivity contribution is 0.309. The fraction of sp³-hybridized carbons (Fsp3) is 0.455. The van der Waals surface area contributed by atoms with E-state index in [2.05, 4.69) is 56.2 Å². The Morgan fingerprint density at radius 2 is 1.79 bits per heavy atom. The van der Waals surface area contributed by atoms with Crippen molar-refractivity contribution in [2.45, 2.75) is 25.8 Å². The van der Waals surface area contributed by atoms with Crippen molar-refractivity contribution in [3.05, 3.63) is 27.1 Å². The van der Waals surface area contributed by atoms with Crippen molar-refractivity contribution in [1.82, 2.24) is 0 Å². The van der Waals surface area contributed by atoms with E-state index < -0.39 is 0 Å². The molecule has 0 radical (unpaired) electrons. The van der Waals surface area contributed by atoms with Gasteiger partial charge in [0.1, 0.15) is 0 Å². The topological polar surface area (TPSA) is 12.0 Å². The summed E-state index contributed by atoms with van der Waals surface area (Å²) in [5.74, 6) is 0.883. The highest BCUT2D eigenvalue weighted by Crippen LogP contribution is 2.35. The van der Waals surface area contributed by atoms with Crippen LogP contribution in [0.25, 0.3) is 0 Å². The third-order valence-electron chi connectivity index (χ3n) is 2.68. The van der Waals surface area contributed by atoms with E-state index in [1.54, 1.807) is 0 Å². The van der Waals surface area contributed by atoms with Gasteiger partial charge in [0.15, 0.2) is 0 Å². The summed E-state index contributed by atoms with van der Waals surface area (Å²) >= 11 is 7.10. The summed E-state index contributed by atoms with van der Waals surface area (Å²) in [4.78, 5) is 0. The van der Waals surface area contributed by atoms with Gasteiger partial charge in [-0.1, -0.05) is 13.0 Å². The van der Waals surface area contributed by atoms with Crippen LogP contribution in [0, 0.1) is 5.92 Å². The second-order valence-corrected chi connectivity index (χ2v) is 5.72. The van der Waals surface area contributed by atoms with Crippen LogP contribution >= 0.6 is 31.9 Å². The second-order valence-electron chi connectivity index (χ2n) is 4.01. The van der Waals surface area contributed by atoms with Gasteiger partial charge in [-0.15, -0.1) is 0 Å². The van der Waals surface area contributed by atoms with Gasteiger partial charge in [-0.3, -0.25) is 0 Å². The lowest BCUT2D eigenvalue weighted by Crippen LogP contribution is -2.33. The number of rotatable bonds is 2. The summed E-state index contributed by atoms with van der Waals surface area (Å²) in [5, 5.41) is 3.55. The molecule has 2 rings (SSSR count). The van der Waals surface area contributed by atoms with Crippen LogP contribution in [0.5, 0.6) is 0 Å². The first-order valence-corrected chi connectivity index (χ1v) is 6.46. The van der Waals surface area contributed by atoms with Crippen molar-refractivity contribution in [2.75, 3.05) is 5.32 Å². The molecule has 1 aliphatic rings. The maximum Gasteiger partial charge on any atom is 0.0631 e. The number of hydrogen-bond donors (Lipinski definition) is 1. The van der Waals surface area contributed by atoms with E-state index >= 15 is 0 Å². The van der Waals surface area contributed by atoms with Gasteiger partial charge in [-0.25, -0.2) is 0 Å². The number of benzene rings is 1. The molecule has 1 aliphatic carbocycles. The monoisotopic (exact) mass is 317 g/mol. The third-order valence-corrected chi connectivity index (χ3v) is 4.01. The Bertz CT molecular complexity index is 312. The van der Waals surface area contributed by atoms with Gasteiger partial charge in [0.2, 0.25) is 0 Å². The molecule has 1 nitrogen and oxygen atoms in total. The molecule has 0 saturated heterocycles. The second kappa shape index (κ2) is 4.23. The highest BCUT2D eigenvalue weighted by atomic mass is 79.9. The average molecular weight is 319 g/mol. The zero-order chi connectivity index (χ0) is 10.1. The summed E-state index contributed by atoms with van der Waals surface area (Å²) in [7, 11) is 0. The minimum atomic E-state index is 0.653. The standard InChI is InChI=1S/C11H13Br2N/c1-7-5-8(6-7)14-11-9(12)3-2-4-10(11)13/h2-4,7-8,14H,5-6H2,1H3. The fourth-order valence-corrected chi connectivity index (χ4v) is 3.09. The molecule has 1 saturated carbocycles. The van der Waals surface area contributed by atoms with E-state index in [0.29, 0.717) is 6.04 Å². The van der Waals surface area contributed by atoms with Crippen LogP contribution < -0.4 is 5.32 Å². The van der Waals surface area contributed by atoms with Gasteiger partial charge in [-0.2, -0.15) is 0 Å². The normalized spacial score (nSPS) is 25.6. The van der Waals surface area contributed by atoms with E-state index in [1.807, 2.05) is 6.07 Å². The number of halogens is 2. The lowest BCUT2D eigenvalue weighted by Gasteiger charge is -2.34. The zero-order valence-electron chi connectivity index (χ0n) is 8.06. The summed E-state index contributed by atoms with van der Waals surface area (Å²) in [6.07, 6.45) is 2.57. The van der Waals surface area contributed by atoms with Crippen molar-refractivity contribution >= 4 is 37.5 Å². The minimum absolute atomic E-state index is 0.653. The van der Waals surface area contributed by atoms with Gasteiger partial charge in [-0.05, 0) is 62.8 Å². The van der Waals surface area contributed by atoms with Gasteiger partial charge in [0, 0.05) is 15.0 Å². The molecule has 3 heteroatoms. The first-order valence-electron chi connectivity index (χ1n) is 4.87. The highest BCUT2D eigenvalue weighted by Gasteiger charge is 2.25. The van der Waals surface area contributed by atoms with Gasteiger partial charge < -0.3 is 5.32 Å². The molecule has 0 atom stereocenters. The summed E-state index contributed by atoms with van der Waals surface area (Å²) < 4.78 is 2.26. The predicted octanol–water partition coefficient (Wildman–Crippen LogP) is 4.42. The van der Waals surface area contributed by atoms with Crippen LogP contribution in [0.4, 0.5) is 5.69 Å². The molecule has 1 aromatic carbocycles. The van der Waals surface area contributed by atoms with Crippen LogP contribution in [0.15, 0.2) is 27.1 Å². The van der Waals surface area contributed by atoms with Gasteiger partial charge in [0.25, 0.3) is 0 Å². The van der Waals surface area contributed by atoms with Crippen LogP contribution in [0.1, 0.15) is 19.8 Å². The highest BCUT2D eigenvalue weighted by molar-refractivity contribution is 9.11. The zero-order valence-corrected chi connectivity index (χ0v) is 11.2. The van der Waals surface area contributed by atoms with E-state index in [9.17, 15) is 0 Å². The third kappa shape index (κ3) is 2.14. The molecule has 14 heavy (non-hydrogen) atoms. The number of para-hydroxylation sites is 1. The first-order chi connectivity index (χ1) is 6.66. The first kappa shape index (κ1) is 10.5. The Kier molecular flexibility index (Phi) is 3.17. The Labute approximate surface area is 102 Å². The van der Waals surface area contributed by atoms with Crippen LogP contribution in [-0.4, -0.2) is 6.04 Å². The Hall–Kier alpha value is -0.0200. The number of anilines is 1. The molecular formula is C11H13Br2N. The molecular weight excluding hydrogens is 306 g/mol. The molecule has 0 spiro atoms. The largest absolute Gasteiger partial charge is 0.380 e. The number of hydrogen-bond acceptors (Lipinski definition) is 1. The van der Waals surface area contributed by atoms with E-state index in [1.165, 1.54) is 18.5 Å². The molecule has 0 amide bonds. The van der Waals surface area contributed by atoms with Crippen molar-refractivity contribution in [3.8, 4) is 0 Å². The smallest absolute Gasteiger partial charge is 0.0631 e. The lowest BCUT2D eigenvalue weighted by atomic mass is 9.82. The van der Waals surface area contributed by atoms with Crippen molar-refractivity contribution in [3.63, 3.8) is 0 Å². The fourth-order valence-electron chi connectivity index (χ4n) is 1.86. The maximum absolute atomic E-state index is 3.55. The van der Waals surface area contributed by atoms with E-state index in [4.69, 9.17) is 0 Å². The van der Waals surface area contributed by atoms with Crippen LogP contribution in [-0.2, 0) is 0 Å². The van der Waals surface area contributed by atoms with Crippen molar-refractivity contribution in [2.24, 2.45) is 5.92 Å². The Morgan fingerprint density at radius 3 is 2.29 bits per heavy atom. The quantitative estimate of drug-likeness (QED) is 0.851. The molecule has 0 heterocycles. The van der Waals surface area contributed by atoms with Crippen molar-refractivity contribution in [1.29, 1.82) is 0 Å². The SMILES string of the molecule is CC1CC(Nc2c(Br)cccc2Br)C1. The molecule has 76 valence electrons.